The first-order valence-corrected chi connectivity index (χ1v) is 8.16. The molecule has 130 valence electrons. The van der Waals surface area contributed by atoms with E-state index in [9.17, 15) is 9.90 Å². The van der Waals surface area contributed by atoms with Gasteiger partial charge in [-0.05, 0) is 29.7 Å². The molecule has 5 nitrogen and oxygen atoms in total. The number of ether oxygens (including phenoxy) is 2. The summed E-state index contributed by atoms with van der Waals surface area (Å²) in [6.07, 6.45) is 0.794. The van der Waals surface area contributed by atoms with Crippen LogP contribution in [0.15, 0.2) is 36.4 Å². The quantitative estimate of drug-likeness (QED) is 0.711. The second-order valence-corrected chi connectivity index (χ2v) is 5.78. The van der Waals surface area contributed by atoms with E-state index in [1.807, 2.05) is 30.3 Å². The highest BCUT2D eigenvalue weighted by molar-refractivity contribution is 5.96. The predicted octanol–water partition coefficient (Wildman–Crippen LogP) is 4.04. The van der Waals surface area contributed by atoms with Gasteiger partial charge in [0, 0.05) is 16.5 Å². The number of nitrogens with one attached hydrogen (secondary N) is 1. The molecule has 2 N–H and O–H groups in total. The molecule has 0 fully saturated rings. The summed E-state index contributed by atoms with van der Waals surface area (Å²) in [7, 11) is 3.17. The van der Waals surface area contributed by atoms with Crippen LogP contribution in [-0.2, 0) is 17.6 Å². The Labute approximate surface area is 146 Å². The maximum Gasteiger partial charge on any atom is 0.307 e. The van der Waals surface area contributed by atoms with E-state index >= 15 is 0 Å². The number of carboxylic acid groups (broad SMARTS) is 1. The molecule has 0 saturated heterocycles. The van der Waals surface area contributed by atoms with E-state index in [1.165, 1.54) is 0 Å². The van der Waals surface area contributed by atoms with Crippen LogP contribution in [0, 0.1) is 0 Å². The third-order valence-electron chi connectivity index (χ3n) is 4.41. The summed E-state index contributed by atoms with van der Waals surface area (Å²) >= 11 is 0. The first kappa shape index (κ1) is 16.9. The van der Waals surface area contributed by atoms with E-state index in [-0.39, 0.29) is 6.42 Å². The van der Waals surface area contributed by atoms with E-state index in [0.29, 0.717) is 11.5 Å². The molecule has 0 spiro atoms. The number of aliphatic carboxylic acids is 1. The minimum absolute atomic E-state index is 0.0666. The number of fused-ring (bicyclic) bond motifs is 1. The standard InChI is InChI=1S/C20H21NO4/c1-4-12-7-5-8-13-15(11-17(22)23)19(21-18(12)13)14-9-6-10-16(24-2)20(14)25-3/h5-10,21H,4,11H2,1-3H3,(H,22,23). The van der Waals surface area contributed by atoms with Gasteiger partial charge in [-0.3, -0.25) is 4.79 Å². The van der Waals surface area contributed by atoms with Gasteiger partial charge < -0.3 is 19.6 Å². The summed E-state index contributed by atoms with van der Waals surface area (Å²) in [6, 6.07) is 11.6. The van der Waals surface area contributed by atoms with Crippen molar-refractivity contribution in [3.05, 3.63) is 47.5 Å². The molecule has 0 bridgehead atoms. The van der Waals surface area contributed by atoms with Crippen LogP contribution >= 0.6 is 0 Å². The Morgan fingerprint density at radius 1 is 1.12 bits per heavy atom. The van der Waals surface area contributed by atoms with E-state index in [2.05, 4.69) is 18.0 Å². The predicted molar refractivity (Wildman–Crippen MR) is 97.6 cm³/mol. The minimum atomic E-state index is -0.870. The lowest BCUT2D eigenvalue weighted by molar-refractivity contribution is -0.136. The normalized spacial score (nSPS) is 10.8. The van der Waals surface area contributed by atoms with Crippen LogP contribution in [0.25, 0.3) is 22.2 Å². The van der Waals surface area contributed by atoms with Crippen LogP contribution in [0.3, 0.4) is 0 Å². The number of H-pyrrole nitrogens is 1. The highest BCUT2D eigenvalue weighted by Crippen LogP contribution is 2.41. The zero-order chi connectivity index (χ0) is 18.0. The van der Waals surface area contributed by atoms with E-state index in [1.54, 1.807) is 14.2 Å². The number of hydrogen-bond donors (Lipinski definition) is 2. The first-order chi connectivity index (χ1) is 12.1. The number of carboxylic acids is 1. The average Bonchev–Trinajstić information content (AvgIpc) is 2.98. The van der Waals surface area contributed by atoms with Gasteiger partial charge >= 0.3 is 5.97 Å². The third-order valence-corrected chi connectivity index (χ3v) is 4.41. The van der Waals surface area contributed by atoms with Crippen molar-refractivity contribution in [1.82, 2.24) is 4.98 Å². The fourth-order valence-electron chi connectivity index (χ4n) is 3.28. The van der Waals surface area contributed by atoms with Crippen molar-refractivity contribution in [2.45, 2.75) is 19.8 Å². The minimum Gasteiger partial charge on any atom is -0.493 e. The summed E-state index contributed by atoms with van der Waals surface area (Å²) in [5.74, 6) is 0.322. The van der Waals surface area contributed by atoms with E-state index < -0.39 is 5.97 Å². The van der Waals surface area contributed by atoms with Gasteiger partial charge in [-0.2, -0.15) is 0 Å². The molecule has 0 aliphatic carbocycles. The summed E-state index contributed by atoms with van der Waals surface area (Å²) in [6.45, 7) is 2.08. The number of hydrogen-bond acceptors (Lipinski definition) is 3. The van der Waals surface area contributed by atoms with Crippen molar-refractivity contribution in [2.24, 2.45) is 0 Å². The van der Waals surface area contributed by atoms with Crippen LogP contribution in [-0.4, -0.2) is 30.3 Å². The molecule has 0 saturated carbocycles. The van der Waals surface area contributed by atoms with Gasteiger partial charge in [-0.15, -0.1) is 0 Å². The molecule has 5 heteroatoms. The Bertz CT molecular complexity index is 927. The van der Waals surface area contributed by atoms with Crippen molar-refractivity contribution in [3.63, 3.8) is 0 Å². The second kappa shape index (κ2) is 6.89. The van der Waals surface area contributed by atoms with Crippen molar-refractivity contribution in [1.29, 1.82) is 0 Å². The topological polar surface area (TPSA) is 71.6 Å². The maximum atomic E-state index is 11.5. The first-order valence-electron chi connectivity index (χ1n) is 8.16. The van der Waals surface area contributed by atoms with Gasteiger partial charge in [0.2, 0.25) is 0 Å². The fraction of sp³-hybridized carbons (Fsp3) is 0.250. The molecule has 3 aromatic rings. The Balaban J connectivity index is 2.34. The number of aryl methyl sites for hydroxylation is 1. The largest absolute Gasteiger partial charge is 0.493 e. The number of benzene rings is 2. The molecule has 0 aliphatic heterocycles. The van der Waals surface area contributed by atoms with Gasteiger partial charge in [-0.1, -0.05) is 31.2 Å². The lowest BCUT2D eigenvalue weighted by atomic mass is 10.0. The van der Waals surface area contributed by atoms with Gasteiger partial charge in [0.1, 0.15) is 0 Å². The number of carbonyl (C=O) groups is 1. The van der Waals surface area contributed by atoms with Crippen molar-refractivity contribution in [2.75, 3.05) is 14.2 Å². The summed E-state index contributed by atoms with van der Waals surface area (Å²) in [5, 5.41) is 10.3. The molecule has 1 aromatic heterocycles. The molecule has 0 radical (unpaired) electrons. The smallest absolute Gasteiger partial charge is 0.307 e. The second-order valence-electron chi connectivity index (χ2n) is 5.78. The number of rotatable bonds is 6. The van der Waals surface area contributed by atoms with Gasteiger partial charge in [0.15, 0.2) is 11.5 Å². The SMILES string of the molecule is CCc1cccc2c(CC(=O)O)c(-c3cccc(OC)c3OC)[nH]c12. The van der Waals surface area contributed by atoms with Gasteiger partial charge in [-0.25, -0.2) is 0 Å². The van der Waals surface area contributed by atoms with Crippen LogP contribution < -0.4 is 9.47 Å². The van der Waals surface area contributed by atoms with Crippen molar-refractivity contribution in [3.8, 4) is 22.8 Å². The summed E-state index contributed by atoms with van der Waals surface area (Å²) in [4.78, 5) is 14.9. The summed E-state index contributed by atoms with van der Waals surface area (Å²) < 4.78 is 10.9. The van der Waals surface area contributed by atoms with Crippen LogP contribution in [0.1, 0.15) is 18.1 Å². The van der Waals surface area contributed by atoms with E-state index in [0.717, 1.165) is 39.7 Å². The molecule has 2 aromatic carbocycles. The Morgan fingerprint density at radius 3 is 2.52 bits per heavy atom. The fourth-order valence-corrected chi connectivity index (χ4v) is 3.28. The number of aromatic amines is 1. The van der Waals surface area contributed by atoms with Crippen molar-refractivity contribution >= 4 is 16.9 Å². The zero-order valence-electron chi connectivity index (χ0n) is 14.6. The Hall–Kier alpha value is -2.95. The number of para-hydroxylation sites is 2. The van der Waals surface area contributed by atoms with Crippen LogP contribution in [0.4, 0.5) is 0 Å². The highest BCUT2D eigenvalue weighted by Gasteiger charge is 2.21. The number of aromatic nitrogens is 1. The third kappa shape index (κ3) is 2.93. The maximum absolute atomic E-state index is 11.5. The number of methoxy groups -OCH3 is 2. The van der Waals surface area contributed by atoms with E-state index in [4.69, 9.17) is 9.47 Å². The molecular formula is C20H21NO4. The van der Waals surface area contributed by atoms with Gasteiger partial charge in [0.05, 0.1) is 26.3 Å². The molecule has 1 heterocycles. The molecular weight excluding hydrogens is 318 g/mol. The molecule has 0 atom stereocenters. The lowest BCUT2D eigenvalue weighted by Crippen LogP contribution is -2.02. The molecule has 25 heavy (non-hydrogen) atoms. The molecule has 0 amide bonds. The lowest BCUT2D eigenvalue weighted by Gasteiger charge is -2.12. The molecule has 3 rings (SSSR count). The Kier molecular flexibility index (Phi) is 4.65. The average molecular weight is 339 g/mol. The van der Waals surface area contributed by atoms with Crippen LogP contribution in [0.5, 0.6) is 11.5 Å². The highest BCUT2D eigenvalue weighted by atomic mass is 16.5. The summed E-state index contributed by atoms with van der Waals surface area (Å²) in [5.41, 5.74) is 4.42. The monoisotopic (exact) mass is 339 g/mol. The zero-order valence-corrected chi connectivity index (χ0v) is 14.6. The van der Waals surface area contributed by atoms with Crippen molar-refractivity contribution < 1.29 is 19.4 Å². The van der Waals surface area contributed by atoms with Crippen LogP contribution in [0.2, 0.25) is 0 Å². The molecule has 0 unspecified atom stereocenters. The Morgan fingerprint density at radius 2 is 1.88 bits per heavy atom. The molecule has 0 aliphatic rings. The van der Waals surface area contributed by atoms with Gasteiger partial charge in [0.25, 0.3) is 0 Å².